The number of carboxylic acid groups (broad SMARTS) is 1. The van der Waals surface area contributed by atoms with E-state index < -0.39 is 24.5 Å². The van der Waals surface area contributed by atoms with Gasteiger partial charge >= 0.3 is 5.97 Å². The maximum absolute atomic E-state index is 12.6. The van der Waals surface area contributed by atoms with Crippen molar-refractivity contribution >= 4 is 28.6 Å². The zero-order valence-corrected chi connectivity index (χ0v) is 9.90. The van der Waals surface area contributed by atoms with E-state index in [0.717, 1.165) is 0 Å². The Morgan fingerprint density at radius 1 is 1.69 bits per heavy atom. The SMILES string of the molecule is N#Cc1cc(I)nc(C(F)F)c1CC(=O)O. The summed E-state index contributed by atoms with van der Waals surface area (Å²) in [6.07, 6.45) is -3.52. The lowest BCUT2D eigenvalue weighted by atomic mass is 10.0. The van der Waals surface area contributed by atoms with Gasteiger partial charge in [0.2, 0.25) is 0 Å². The number of alkyl halides is 2. The molecule has 0 amide bonds. The van der Waals surface area contributed by atoms with Gasteiger partial charge in [0, 0.05) is 5.56 Å². The Labute approximate surface area is 103 Å². The van der Waals surface area contributed by atoms with Crippen molar-refractivity contribution in [2.45, 2.75) is 12.8 Å². The number of hydrogen-bond acceptors (Lipinski definition) is 3. The second-order valence-corrected chi connectivity index (χ2v) is 3.94. The number of carboxylic acids is 1. The van der Waals surface area contributed by atoms with Crippen molar-refractivity contribution in [3.63, 3.8) is 0 Å². The van der Waals surface area contributed by atoms with Crippen LogP contribution < -0.4 is 0 Å². The maximum atomic E-state index is 12.6. The zero-order valence-electron chi connectivity index (χ0n) is 7.75. The van der Waals surface area contributed by atoms with Crippen molar-refractivity contribution in [2.24, 2.45) is 0 Å². The van der Waals surface area contributed by atoms with Gasteiger partial charge in [0.1, 0.15) is 9.39 Å². The van der Waals surface area contributed by atoms with Gasteiger partial charge in [-0.1, -0.05) is 0 Å². The summed E-state index contributed by atoms with van der Waals surface area (Å²) in [6.45, 7) is 0. The van der Waals surface area contributed by atoms with Crippen LogP contribution in [0.15, 0.2) is 6.07 Å². The largest absolute Gasteiger partial charge is 0.481 e. The van der Waals surface area contributed by atoms with Gasteiger partial charge in [-0.3, -0.25) is 4.79 Å². The average molecular weight is 338 g/mol. The van der Waals surface area contributed by atoms with Crippen molar-refractivity contribution < 1.29 is 18.7 Å². The molecule has 0 radical (unpaired) electrons. The van der Waals surface area contributed by atoms with E-state index in [2.05, 4.69) is 4.98 Å². The topological polar surface area (TPSA) is 74.0 Å². The molecule has 0 aliphatic carbocycles. The van der Waals surface area contributed by atoms with E-state index in [4.69, 9.17) is 10.4 Å². The predicted octanol–water partition coefficient (Wildman–Crippen LogP) is 2.12. The number of nitriles is 1. The first-order chi connectivity index (χ1) is 7.45. The Balaban J connectivity index is 3.40. The fraction of sp³-hybridized carbons (Fsp3) is 0.222. The minimum Gasteiger partial charge on any atom is -0.481 e. The highest BCUT2D eigenvalue weighted by Gasteiger charge is 2.21. The molecule has 4 nitrogen and oxygen atoms in total. The van der Waals surface area contributed by atoms with Crippen molar-refractivity contribution in [2.75, 3.05) is 0 Å². The molecule has 1 heterocycles. The summed E-state index contributed by atoms with van der Waals surface area (Å²) in [6, 6.07) is 2.98. The van der Waals surface area contributed by atoms with Crippen LogP contribution in [0.25, 0.3) is 0 Å². The number of aliphatic carboxylic acids is 1. The van der Waals surface area contributed by atoms with Crippen molar-refractivity contribution in [3.05, 3.63) is 26.6 Å². The van der Waals surface area contributed by atoms with Gasteiger partial charge < -0.3 is 5.11 Å². The molecule has 1 aromatic heterocycles. The van der Waals surface area contributed by atoms with Crippen LogP contribution >= 0.6 is 22.6 Å². The maximum Gasteiger partial charge on any atom is 0.307 e. The number of halogens is 3. The van der Waals surface area contributed by atoms with E-state index >= 15 is 0 Å². The van der Waals surface area contributed by atoms with Crippen molar-refractivity contribution in [3.8, 4) is 6.07 Å². The summed E-state index contributed by atoms with van der Waals surface area (Å²) in [5, 5.41) is 17.3. The van der Waals surface area contributed by atoms with Gasteiger partial charge in [-0.15, -0.1) is 0 Å². The minimum atomic E-state index is -2.89. The molecular formula is C9H5F2IN2O2. The Bertz CT molecular complexity index is 471. The van der Waals surface area contributed by atoms with Crippen molar-refractivity contribution in [1.29, 1.82) is 5.26 Å². The van der Waals surface area contributed by atoms with Crippen LogP contribution in [-0.4, -0.2) is 16.1 Å². The molecule has 0 fully saturated rings. The van der Waals surface area contributed by atoms with Gasteiger partial charge in [0.25, 0.3) is 6.43 Å². The summed E-state index contributed by atoms with van der Waals surface area (Å²) in [5.41, 5.74) is -0.923. The van der Waals surface area contributed by atoms with Crippen LogP contribution in [0, 0.1) is 15.0 Å². The highest BCUT2D eigenvalue weighted by molar-refractivity contribution is 14.1. The Morgan fingerprint density at radius 3 is 2.75 bits per heavy atom. The van der Waals surface area contributed by atoms with E-state index in [1.807, 2.05) is 0 Å². The first kappa shape index (κ1) is 12.8. The number of hydrogen-bond donors (Lipinski definition) is 1. The number of nitrogens with zero attached hydrogens (tertiary/aromatic N) is 2. The summed E-state index contributed by atoms with van der Waals surface area (Å²) in [4.78, 5) is 14.1. The standard InChI is InChI=1S/C9H5F2IN2O2/c10-9(11)8-5(2-7(15)16)4(3-13)1-6(12)14-8/h1,9H,2H2,(H,15,16). The number of carbonyl (C=O) groups is 1. The van der Waals surface area contributed by atoms with Crippen LogP contribution in [0.3, 0.4) is 0 Å². The van der Waals surface area contributed by atoms with Crippen LogP contribution in [0.2, 0.25) is 0 Å². The molecule has 0 saturated heterocycles. The summed E-state index contributed by atoms with van der Waals surface area (Å²) in [7, 11) is 0. The molecule has 7 heteroatoms. The number of rotatable bonds is 3. The van der Waals surface area contributed by atoms with Gasteiger partial charge in [-0.25, -0.2) is 13.8 Å². The van der Waals surface area contributed by atoms with Crippen molar-refractivity contribution in [1.82, 2.24) is 4.98 Å². The molecule has 0 spiro atoms. The summed E-state index contributed by atoms with van der Waals surface area (Å²) in [5.74, 6) is -1.28. The zero-order chi connectivity index (χ0) is 12.3. The lowest BCUT2D eigenvalue weighted by molar-refractivity contribution is -0.136. The summed E-state index contributed by atoms with van der Waals surface area (Å²) < 4.78 is 25.4. The lowest BCUT2D eigenvalue weighted by Gasteiger charge is -2.08. The Hall–Kier alpha value is -1.30. The molecule has 0 aromatic carbocycles. The summed E-state index contributed by atoms with van der Waals surface area (Å²) >= 11 is 1.70. The van der Waals surface area contributed by atoms with E-state index in [0.29, 0.717) is 0 Å². The molecule has 1 aromatic rings. The van der Waals surface area contributed by atoms with Gasteiger partial charge in [0.15, 0.2) is 0 Å². The Kier molecular flexibility index (Phi) is 4.12. The lowest BCUT2D eigenvalue weighted by Crippen LogP contribution is -2.09. The van der Waals surface area contributed by atoms with Gasteiger partial charge in [0.05, 0.1) is 18.1 Å². The van der Waals surface area contributed by atoms with E-state index in [9.17, 15) is 13.6 Å². The molecule has 0 unspecified atom stereocenters. The van der Waals surface area contributed by atoms with E-state index in [-0.39, 0.29) is 14.8 Å². The number of pyridine rings is 1. The second kappa shape index (κ2) is 5.16. The van der Waals surface area contributed by atoms with E-state index in [1.165, 1.54) is 6.07 Å². The predicted molar refractivity (Wildman–Crippen MR) is 58.0 cm³/mol. The third-order valence-electron chi connectivity index (χ3n) is 1.78. The highest BCUT2D eigenvalue weighted by Crippen LogP contribution is 2.25. The fourth-order valence-electron chi connectivity index (χ4n) is 1.18. The van der Waals surface area contributed by atoms with Crippen LogP contribution in [0.4, 0.5) is 8.78 Å². The molecule has 1 rings (SSSR count). The van der Waals surface area contributed by atoms with Gasteiger partial charge in [-0.2, -0.15) is 5.26 Å². The average Bonchev–Trinajstić information content (AvgIpc) is 2.19. The molecule has 16 heavy (non-hydrogen) atoms. The smallest absolute Gasteiger partial charge is 0.307 e. The third-order valence-corrected chi connectivity index (χ3v) is 2.33. The first-order valence-corrected chi connectivity index (χ1v) is 5.13. The second-order valence-electron chi connectivity index (χ2n) is 2.84. The first-order valence-electron chi connectivity index (χ1n) is 4.05. The Morgan fingerprint density at radius 2 is 2.31 bits per heavy atom. The molecule has 0 atom stereocenters. The normalized spacial score (nSPS) is 10.2. The van der Waals surface area contributed by atoms with Crippen LogP contribution in [-0.2, 0) is 11.2 Å². The molecular weight excluding hydrogens is 333 g/mol. The quantitative estimate of drug-likeness (QED) is 0.677. The fourth-order valence-corrected chi connectivity index (χ4v) is 1.75. The van der Waals surface area contributed by atoms with Gasteiger partial charge in [-0.05, 0) is 28.7 Å². The third kappa shape index (κ3) is 2.85. The monoisotopic (exact) mass is 338 g/mol. The molecule has 0 aliphatic rings. The molecule has 84 valence electrons. The molecule has 0 aliphatic heterocycles. The number of aromatic nitrogens is 1. The van der Waals surface area contributed by atoms with Crippen LogP contribution in [0.1, 0.15) is 23.2 Å². The highest BCUT2D eigenvalue weighted by atomic mass is 127. The van der Waals surface area contributed by atoms with Crippen LogP contribution in [0.5, 0.6) is 0 Å². The minimum absolute atomic E-state index is 0.0721. The molecule has 0 saturated carbocycles. The molecule has 1 N–H and O–H groups in total. The molecule has 0 bridgehead atoms. The van der Waals surface area contributed by atoms with E-state index in [1.54, 1.807) is 28.7 Å².